The van der Waals surface area contributed by atoms with Crippen LogP contribution < -0.4 is 17.0 Å². The number of carbonyl (C=O) groups excluding carboxylic acids is 2. The number of halogens is 2. The molecule has 2 aromatic carbocycles. The van der Waals surface area contributed by atoms with Crippen molar-refractivity contribution in [1.29, 1.82) is 0 Å². The molecule has 0 saturated heterocycles. The SMILES string of the molecule is CC(C)(C)C(c1nc(-c2cc(F)ccc2F)cn1Cc1ccccc1)N(CCC(N)C(=O)NN)C(=O)CO. The Bertz CT molecular complexity index is 1260. The van der Waals surface area contributed by atoms with E-state index in [-0.39, 0.29) is 24.2 Å². The maximum absolute atomic E-state index is 14.7. The second-order valence-corrected chi connectivity index (χ2v) is 10.1. The molecular weight excluding hydrogens is 494 g/mol. The van der Waals surface area contributed by atoms with Gasteiger partial charge in [-0.1, -0.05) is 51.1 Å². The molecule has 0 bridgehead atoms. The van der Waals surface area contributed by atoms with Gasteiger partial charge in [0.1, 0.15) is 24.1 Å². The van der Waals surface area contributed by atoms with Gasteiger partial charge in [-0.15, -0.1) is 0 Å². The Labute approximate surface area is 220 Å². The molecular formula is C27H34F2N6O3. The first kappa shape index (κ1) is 28.9. The molecule has 1 heterocycles. The summed E-state index contributed by atoms with van der Waals surface area (Å²) >= 11 is 0. The van der Waals surface area contributed by atoms with Crippen LogP contribution in [0.4, 0.5) is 8.78 Å². The molecule has 2 atom stereocenters. The molecule has 204 valence electrons. The van der Waals surface area contributed by atoms with E-state index < -0.39 is 47.6 Å². The van der Waals surface area contributed by atoms with Crippen molar-refractivity contribution in [2.75, 3.05) is 13.2 Å². The standard InChI is InChI=1S/C27H34F2N6O3/c1-27(2,3)24(35(23(37)16-36)12-11-21(30)26(38)33-31)25-32-22(19-13-18(28)9-10-20(19)29)15-34(25)14-17-7-5-4-6-8-17/h4-10,13,15,21,24,36H,11-12,14,16,30-31H2,1-3H3,(H,33,38). The summed E-state index contributed by atoms with van der Waals surface area (Å²) in [7, 11) is 0. The quantitative estimate of drug-likeness (QED) is 0.181. The highest BCUT2D eigenvalue weighted by Crippen LogP contribution is 2.39. The number of imidazole rings is 1. The summed E-state index contributed by atoms with van der Waals surface area (Å²) in [5.74, 6) is 3.14. The molecule has 0 spiro atoms. The molecule has 3 rings (SSSR count). The molecule has 9 nitrogen and oxygen atoms in total. The number of nitrogens with one attached hydrogen (secondary N) is 1. The van der Waals surface area contributed by atoms with Crippen LogP contribution in [0.1, 0.15) is 44.6 Å². The monoisotopic (exact) mass is 528 g/mol. The largest absolute Gasteiger partial charge is 0.387 e. The Kier molecular flexibility index (Phi) is 9.31. The summed E-state index contributed by atoms with van der Waals surface area (Å²) in [5, 5.41) is 9.80. The molecule has 0 aliphatic carbocycles. The van der Waals surface area contributed by atoms with Gasteiger partial charge < -0.3 is 20.3 Å². The van der Waals surface area contributed by atoms with E-state index in [2.05, 4.69) is 0 Å². The molecule has 0 saturated carbocycles. The van der Waals surface area contributed by atoms with Crippen molar-refractivity contribution >= 4 is 11.8 Å². The molecule has 0 aliphatic rings. The van der Waals surface area contributed by atoms with Crippen LogP contribution in [-0.4, -0.2) is 50.6 Å². The van der Waals surface area contributed by atoms with Crippen LogP contribution in [0.3, 0.4) is 0 Å². The van der Waals surface area contributed by atoms with Crippen molar-refractivity contribution in [2.24, 2.45) is 17.0 Å². The number of nitrogens with two attached hydrogens (primary N) is 2. The molecule has 0 fully saturated rings. The lowest BCUT2D eigenvalue weighted by Crippen LogP contribution is -2.48. The fraction of sp³-hybridized carbons (Fsp3) is 0.370. The van der Waals surface area contributed by atoms with E-state index in [1.54, 1.807) is 10.8 Å². The van der Waals surface area contributed by atoms with Gasteiger partial charge in [-0.3, -0.25) is 15.0 Å². The van der Waals surface area contributed by atoms with Crippen molar-refractivity contribution in [3.05, 3.63) is 77.8 Å². The van der Waals surface area contributed by atoms with Crippen molar-refractivity contribution < 1.29 is 23.5 Å². The van der Waals surface area contributed by atoms with Crippen LogP contribution in [0.2, 0.25) is 0 Å². The summed E-state index contributed by atoms with van der Waals surface area (Å²) in [6.07, 6.45) is 1.68. The van der Waals surface area contributed by atoms with E-state index in [4.69, 9.17) is 16.6 Å². The van der Waals surface area contributed by atoms with Crippen LogP contribution in [0, 0.1) is 17.0 Å². The maximum Gasteiger partial charge on any atom is 0.250 e. The van der Waals surface area contributed by atoms with Gasteiger partial charge in [0.05, 0.1) is 17.8 Å². The van der Waals surface area contributed by atoms with E-state index >= 15 is 0 Å². The van der Waals surface area contributed by atoms with Crippen molar-refractivity contribution in [1.82, 2.24) is 19.9 Å². The Hall–Kier alpha value is -3.67. The summed E-state index contributed by atoms with van der Waals surface area (Å²) in [6, 6.07) is 10.9. The zero-order valence-electron chi connectivity index (χ0n) is 21.7. The highest BCUT2D eigenvalue weighted by atomic mass is 19.1. The first-order valence-electron chi connectivity index (χ1n) is 12.2. The molecule has 0 aliphatic heterocycles. The van der Waals surface area contributed by atoms with E-state index in [1.165, 1.54) is 4.90 Å². The van der Waals surface area contributed by atoms with Gasteiger partial charge in [0.25, 0.3) is 5.91 Å². The summed E-state index contributed by atoms with van der Waals surface area (Å²) in [5.41, 5.74) is 8.37. The lowest BCUT2D eigenvalue weighted by atomic mass is 9.84. The predicted octanol–water partition coefficient (Wildman–Crippen LogP) is 2.49. The van der Waals surface area contributed by atoms with Gasteiger partial charge in [-0.05, 0) is 35.6 Å². The van der Waals surface area contributed by atoms with Crippen molar-refractivity contribution in [3.63, 3.8) is 0 Å². The number of aromatic nitrogens is 2. The number of nitrogens with zero attached hydrogens (tertiary/aromatic N) is 3. The normalized spacial score (nSPS) is 13.2. The Morgan fingerprint density at radius 2 is 1.84 bits per heavy atom. The number of amides is 2. The van der Waals surface area contributed by atoms with Crippen LogP contribution in [0.25, 0.3) is 11.3 Å². The van der Waals surface area contributed by atoms with E-state index in [1.807, 2.05) is 56.5 Å². The number of hydrazine groups is 1. The van der Waals surface area contributed by atoms with Crippen molar-refractivity contribution in [2.45, 2.75) is 45.8 Å². The van der Waals surface area contributed by atoms with E-state index in [0.29, 0.717) is 12.4 Å². The first-order chi connectivity index (χ1) is 18.0. The summed E-state index contributed by atoms with van der Waals surface area (Å²) in [6.45, 7) is 5.25. The topological polar surface area (TPSA) is 140 Å². The Balaban J connectivity index is 2.16. The zero-order valence-corrected chi connectivity index (χ0v) is 21.7. The van der Waals surface area contributed by atoms with E-state index in [9.17, 15) is 23.5 Å². The second kappa shape index (κ2) is 12.2. The smallest absolute Gasteiger partial charge is 0.250 e. The number of benzene rings is 2. The number of aliphatic hydroxyl groups is 1. The van der Waals surface area contributed by atoms with Gasteiger partial charge in [0, 0.05) is 24.8 Å². The maximum atomic E-state index is 14.7. The molecule has 3 aromatic rings. The number of hydrogen-bond donors (Lipinski definition) is 4. The zero-order chi connectivity index (χ0) is 28.0. The lowest BCUT2D eigenvalue weighted by molar-refractivity contribution is -0.140. The number of rotatable bonds is 10. The third-order valence-electron chi connectivity index (χ3n) is 6.20. The fourth-order valence-corrected chi connectivity index (χ4v) is 4.38. The molecule has 2 amide bonds. The molecule has 2 unspecified atom stereocenters. The average Bonchev–Trinajstić information content (AvgIpc) is 3.28. The average molecular weight is 529 g/mol. The highest BCUT2D eigenvalue weighted by molar-refractivity contribution is 5.81. The first-order valence-corrected chi connectivity index (χ1v) is 12.2. The van der Waals surface area contributed by atoms with Crippen LogP contribution in [0.5, 0.6) is 0 Å². The van der Waals surface area contributed by atoms with Gasteiger partial charge in [-0.2, -0.15) is 0 Å². The minimum Gasteiger partial charge on any atom is -0.387 e. The van der Waals surface area contributed by atoms with Gasteiger partial charge in [0.15, 0.2) is 0 Å². The number of hydrogen-bond acceptors (Lipinski definition) is 6. The second-order valence-electron chi connectivity index (χ2n) is 10.1. The van der Waals surface area contributed by atoms with Crippen LogP contribution in [-0.2, 0) is 16.1 Å². The molecule has 0 radical (unpaired) electrons. The third kappa shape index (κ3) is 6.80. The summed E-state index contributed by atoms with van der Waals surface area (Å²) in [4.78, 5) is 31.0. The Morgan fingerprint density at radius 3 is 2.45 bits per heavy atom. The molecule has 1 aromatic heterocycles. The molecule has 38 heavy (non-hydrogen) atoms. The minimum absolute atomic E-state index is 0.0117. The highest BCUT2D eigenvalue weighted by Gasteiger charge is 2.38. The molecule has 6 N–H and O–H groups in total. The number of aliphatic hydroxyl groups excluding tert-OH is 1. The summed E-state index contributed by atoms with van der Waals surface area (Å²) < 4.78 is 30.6. The Morgan fingerprint density at radius 1 is 1.16 bits per heavy atom. The minimum atomic E-state index is -0.990. The predicted molar refractivity (Wildman–Crippen MR) is 139 cm³/mol. The van der Waals surface area contributed by atoms with E-state index in [0.717, 1.165) is 23.8 Å². The van der Waals surface area contributed by atoms with Gasteiger partial charge >= 0.3 is 0 Å². The third-order valence-corrected chi connectivity index (χ3v) is 6.20. The number of carbonyl (C=O) groups is 2. The van der Waals surface area contributed by atoms with Crippen molar-refractivity contribution in [3.8, 4) is 11.3 Å². The lowest BCUT2D eigenvalue weighted by Gasteiger charge is -2.40. The van der Waals surface area contributed by atoms with Gasteiger partial charge in [-0.25, -0.2) is 19.6 Å². The molecule has 11 heteroatoms. The fourth-order valence-electron chi connectivity index (χ4n) is 4.38. The van der Waals surface area contributed by atoms with Crippen LogP contribution >= 0.6 is 0 Å². The van der Waals surface area contributed by atoms with Gasteiger partial charge in [0.2, 0.25) is 5.91 Å². The van der Waals surface area contributed by atoms with Crippen LogP contribution in [0.15, 0.2) is 54.7 Å².